The van der Waals surface area contributed by atoms with Crippen LogP contribution in [-0.2, 0) is 22.1 Å². The van der Waals surface area contributed by atoms with Crippen molar-refractivity contribution in [3.05, 3.63) is 64.9 Å². The van der Waals surface area contributed by atoms with E-state index in [1.807, 2.05) is 6.92 Å². The molecule has 178 valence electrons. The number of hydrogen-bond acceptors (Lipinski definition) is 6. The summed E-state index contributed by atoms with van der Waals surface area (Å²) in [5.41, 5.74) is 0.872. The minimum atomic E-state index is -4.64. The summed E-state index contributed by atoms with van der Waals surface area (Å²) in [6.45, 7) is 2.47. The molecule has 0 aromatic heterocycles. The van der Waals surface area contributed by atoms with Crippen LogP contribution in [0.4, 0.5) is 18.0 Å². The Morgan fingerprint density at radius 1 is 1.24 bits per heavy atom. The van der Waals surface area contributed by atoms with Crippen LogP contribution in [0.5, 0.6) is 11.5 Å². The van der Waals surface area contributed by atoms with Crippen molar-refractivity contribution in [3.8, 4) is 11.5 Å². The van der Waals surface area contributed by atoms with Crippen LogP contribution in [0.25, 0.3) is 6.08 Å². The normalized spacial score (nSPS) is 19.5. The largest absolute Gasteiger partial charge is 0.457 e. The third-order valence-corrected chi connectivity index (χ3v) is 6.58. The number of benzene rings is 2. The van der Waals surface area contributed by atoms with Gasteiger partial charge >= 0.3 is 12.3 Å². The smallest absolute Gasteiger partial charge is 0.419 e. The molecular weight excluding hydrogens is 489 g/mol. The van der Waals surface area contributed by atoms with E-state index in [0.717, 1.165) is 23.4 Å². The van der Waals surface area contributed by atoms with Crippen molar-refractivity contribution in [2.45, 2.75) is 24.8 Å². The molecule has 11 heteroatoms. The lowest BCUT2D eigenvalue weighted by molar-refractivity contribution is -0.138. The molecule has 2 aromatic carbocycles. The van der Waals surface area contributed by atoms with Gasteiger partial charge in [0.2, 0.25) is 5.91 Å². The van der Waals surface area contributed by atoms with Crippen molar-refractivity contribution in [2.75, 3.05) is 13.2 Å². The van der Waals surface area contributed by atoms with E-state index in [1.165, 1.54) is 17.0 Å². The Morgan fingerprint density at radius 3 is 2.59 bits per heavy atom. The number of likely N-dealkylation sites (N-methyl/N-ethyl adjacent to an activating group) is 1. The molecule has 2 aliphatic rings. The molecule has 0 saturated carbocycles. The fraction of sp³-hybridized carbons (Fsp3) is 0.261. The average Bonchev–Trinajstić information content (AvgIpc) is 3.29. The van der Waals surface area contributed by atoms with Gasteiger partial charge in [-0.05, 0) is 54.8 Å². The molecule has 6 nitrogen and oxygen atoms in total. The van der Waals surface area contributed by atoms with Gasteiger partial charge < -0.3 is 14.8 Å². The predicted molar refractivity (Wildman–Crippen MR) is 125 cm³/mol. The second-order valence-electron chi connectivity index (χ2n) is 7.52. The van der Waals surface area contributed by atoms with Gasteiger partial charge in [-0.25, -0.2) is 4.79 Å². The quantitative estimate of drug-likeness (QED) is 0.530. The van der Waals surface area contributed by atoms with E-state index in [4.69, 9.17) is 21.7 Å². The highest BCUT2D eigenvalue weighted by Crippen LogP contribution is 2.39. The summed E-state index contributed by atoms with van der Waals surface area (Å²) in [5, 5.41) is 1.93. The van der Waals surface area contributed by atoms with Crippen LogP contribution in [0.15, 0.2) is 48.2 Å². The third-order valence-electron chi connectivity index (χ3n) is 5.21. The van der Waals surface area contributed by atoms with Crippen molar-refractivity contribution >= 4 is 46.4 Å². The first-order valence-electron chi connectivity index (χ1n) is 10.3. The Hall–Kier alpha value is -3.05. The lowest BCUT2D eigenvalue weighted by Gasteiger charge is -2.16. The van der Waals surface area contributed by atoms with E-state index < -0.39 is 23.1 Å². The summed E-state index contributed by atoms with van der Waals surface area (Å²) >= 11 is 6.06. The SMILES string of the molecule is CCN1C(=O)OCC1=Cc1ccc(Oc2ccc(CC3SC(=S)NC3=O)cc2C(F)(F)F)cc1. The molecule has 1 unspecified atom stereocenters. The molecule has 4 rings (SSSR count). The van der Waals surface area contributed by atoms with Crippen molar-refractivity contribution in [1.82, 2.24) is 10.2 Å². The molecule has 1 N–H and O–H groups in total. The summed E-state index contributed by atoms with van der Waals surface area (Å²) in [6.07, 6.45) is -3.16. The number of carbonyl (C=O) groups is 2. The van der Waals surface area contributed by atoms with Gasteiger partial charge in [-0.1, -0.05) is 42.2 Å². The molecule has 2 aliphatic heterocycles. The molecule has 0 aliphatic carbocycles. The number of hydrogen-bond donors (Lipinski definition) is 1. The maximum Gasteiger partial charge on any atom is 0.419 e. The zero-order valence-corrected chi connectivity index (χ0v) is 19.5. The van der Waals surface area contributed by atoms with E-state index in [2.05, 4.69) is 5.32 Å². The number of cyclic esters (lactones) is 1. The Kier molecular flexibility index (Phi) is 6.85. The monoisotopic (exact) mass is 508 g/mol. The maximum absolute atomic E-state index is 13.7. The van der Waals surface area contributed by atoms with Gasteiger partial charge in [0.25, 0.3) is 0 Å². The standard InChI is InChI=1S/C23H19F3N2O4S2/c1-2-28-15(12-31-22(28)30)9-13-3-6-16(7-4-13)32-18-8-5-14(10-17(18)23(24,25)26)11-19-20(29)27-21(33)34-19/h3-10,19H,2,11-12H2,1H3,(H,27,29,33). The first-order valence-corrected chi connectivity index (χ1v) is 11.6. The lowest BCUT2D eigenvalue weighted by atomic mass is 10.0. The Bertz CT molecular complexity index is 1170. The summed E-state index contributed by atoms with van der Waals surface area (Å²) in [5.74, 6) is -0.426. The molecule has 1 atom stereocenters. The zero-order chi connectivity index (χ0) is 24.5. The van der Waals surface area contributed by atoms with Gasteiger partial charge in [-0.3, -0.25) is 9.69 Å². The van der Waals surface area contributed by atoms with Crippen molar-refractivity contribution in [2.24, 2.45) is 0 Å². The minimum absolute atomic E-state index is 0.115. The maximum atomic E-state index is 13.7. The van der Waals surface area contributed by atoms with E-state index in [-0.39, 0.29) is 30.4 Å². The second kappa shape index (κ2) is 9.67. The van der Waals surface area contributed by atoms with Crippen LogP contribution in [0.1, 0.15) is 23.6 Å². The highest BCUT2D eigenvalue weighted by Gasteiger charge is 2.36. The van der Waals surface area contributed by atoms with E-state index in [0.29, 0.717) is 22.1 Å². The van der Waals surface area contributed by atoms with Crippen LogP contribution in [0.3, 0.4) is 0 Å². The Morgan fingerprint density at radius 2 is 1.97 bits per heavy atom. The number of thioether (sulfide) groups is 1. The van der Waals surface area contributed by atoms with Gasteiger partial charge in [0.15, 0.2) is 0 Å². The lowest BCUT2D eigenvalue weighted by Crippen LogP contribution is -2.25. The molecular formula is C23H19F3N2O4S2. The number of ether oxygens (including phenoxy) is 2. The Balaban J connectivity index is 1.52. The summed E-state index contributed by atoms with van der Waals surface area (Å²) in [4.78, 5) is 25.0. The highest BCUT2D eigenvalue weighted by molar-refractivity contribution is 8.24. The van der Waals surface area contributed by atoms with E-state index in [9.17, 15) is 22.8 Å². The predicted octanol–water partition coefficient (Wildman–Crippen LogP) is 5.37. The number of alkyl halides is 3. The summed E-state index contributed by atoms with van der Waals surface area (Å²) < 4.78 is 52.1. The van der Waals surface area contributed by atoms with Gasteiger partial charge in [-0.2, -0.15) is 13.2 Å². The Labute approximate surface area is 203 Å². The van der Waals surface area contributed by atoms with Crippen LogP contribution in [0.2, 0.25) is 0 Å². The van der Waals surface area contributed by atoms with E-state index >= 15 is 0 Å². The average molecular weight is 509 g/mol. The molecule has 2 fully saturated rings. The molecule has 0 spiro atoms. The number of nitrogens with one attached hydrogen (secondary N) is 1. The minimum Gasteiger partial charge on any atom is -0.457 e. The number of carbonyl (C=O) groups excluding carboxylic acids is 2. The topological polar surface area (TPSA) is 67.9 Å². The first-order chi connectivity index (χ1) is 16.1. The van der Waals surface area contributed by atoms with Gasteiger partial charge in [0.1, 0.15) is 22.4 Å². The molecule has 0 radical (unpaired) electrons. The fourth-order valence-corrected chi connectivity index (χ4v) is 4.88. The number of rotatable bonds is 6. The highest BCUT2D eigenvalue weighted by atomic mass is 32.2. The molecule has 2 amide bonds. The molecule has 2 saturated heterocycles. The number of thiocarbonyl (C=S) groups is 1. The van der Waals surface area contributed by atoms with Gasteiger partial charge in [0.05, 0.1) is 16.5 Å². The fourth-order valence-electron chi connectivity index (χ4n) is 3.57. The molecule has 0 bridgehead atoms. The summed E-state index contributed by atoms with van der Waals surface area (Å²) in [7, 11) is 0. The first kappa shape index (κ1) is 24.1. The third kappa shape index (κ3) is 5.36. The van der Waals surface area contributed by atoms with Crippen LogP contribution in [-0.4, -0.2) is 39.6 Å². The molecule has 2 heterocycles. The zero-order valence-electron chi connectivity index (χ0n) is 17.8. The second-order valence-corrected chi connectivity index (χ2v) is 9.40. The number of nitrogens with zero attached hydrogens (tertiary/aromatic N) is 1. The summed E-state index contributed by atoms with van der Waals surface area (Å²) in [6, 6.07) is 10.2. The molecule has 34 heavy (non-hydrogen) atoms. The molecule has 2 aromatic rings. The number of halogens is 3. The van der Waals surface area contributed by atoms with Crippen LogP contribution >= 0.6 is 24.0 Å². The van der Waals surface area contributed by atoms with E-state index in [1.54, 1.807) is 30.3 Å². The van der Waals surface area contributed by atoms with Crippen molar-refractivity contribution in [3.63, 3.8) is 0 Å². The van der Waals surface area contributed by atoms with Crippen molar-refractivity contribution in [1.29, 1.82) is 0 Å². The van der Waals surface area contributed by atoms with Crippen LogP contribution < -0.4 is 10.1 Å². The van der Waals surface area contributed by atoms with Gasteiger partial charge in [0, 0.05) is 6.54 Å². The number of amides is 2. The van der Waals surface area contributed by atoms with Crippen LogP contribution in [0, 0.1) is 0 Å². The van der Waals surface area contributed by atoms with Gasteiger partial charge in [-0.15, -0.1) is 0 Å². The van der Waals surface area contributed by atoms with Crippen molar-refractivity contribution < 1.29 is 32.2 Å².